The maximum absolute atomic E-state index is 13.5. The Labute approximate surface area is 206 Å². The van der Waals surface area contributed by atoms with Crippen molar-refractivity contribution in [3.63, 3.8) is 0 Å². The van der Waals surface area contributed by atoms with Gasteiger partial charge in [0.05, 0.1) is 44.4 Å². The summed E-state index contributed by atoms with van der Waals surface area (Å²) in [6.07, 6.45) is 7.28. The third-order valence-electron chi connectivity index (χ3n) is 9.58. The van der Waals surface area contributed by atoms with Crippen LogP contribution in [0.15, 0.2) is 0 Å². The van der Waals surface area contributed by atoms with E-state index in [9.17, 15) is 4.79 Å². The number of rotatable bonds is 9. The molecule has 0 aromatic heterocycles. The molecule has 0 radical (unpaired) electrons. The van der Waals surface area contributed by atoms with Crippen molar-refractivity contribution in [3.05, 3.63) is 0 Å². The Morgan fingerprint density at radius 3 is 2.56 bits per heavy atom. The van der Waals surface area contributed by atoms with Gasteiger partial charge in [-0.05, 0) is 62.8 Å². The molecule has 0 aromatic rings. The van der Waals surface area contributed by atoms with Gasteiger partial charge in [-0.15, -0.1) is 0 Å². The molecule has 34 heavy (non-hydrogen) atoms. The molecule has 9 atom stereocenters. The molecule has 5 N–H and O–H groups in total. The zero-order valence-electron chi connectivity index (χ0n) is 21.9. The van der Waals surface area contributed by atoms with Crippen molar-refractivity contribution in [3.8, 4) is 0 Å². The summed E-state index contributed by atoms with van der Waals surface area (Å²) >= 11 is 0. The van der Waals surface area contributed by atoms with Crippen molar-refractivity contribution in [2.24, 2.45) is 23.7 Å². The first-order valence-electron chi connectivity index (χ1n) is 13.8. The van der Waals surface area contributed by atoms with Crippen molar-refractivity contribution in [1.82, 2.24) is 10.2 Å². The lowest BCUT2D eigenvalue weighted by Gasteiger charge is -2.48. The van der Waals surface area contributed by atoms with E-state index in [0.29, 0.717) is 41.9 Å². The summed E-state index contributed by atoms with van der Waals surface area (Å²) in [5.41, 5.74) is 0. The van der Waals surface area contributed by atoms with E-state index in [1.807, 2.05) is 7.11 Å². The third kappa shape index (κ3) is 5.69. The quantitative estimate of drug-likeness (QED) is 0.373. The van der Waals surface area contributed by atoms with Gasteiger partial charge < -0.3 is 30.2 Å². The van der Waals surface area contributed by atoms with Gasteiger partial charge in [0.15, 0.2) is 0 Å². The van der Waals surface area contributed by atoms with Gasteiger partial charge in [-0.25, -0.2) is 0 Å². The third-order valence-corrected chi connectivity index (χ3v) is 9.58. The zero-order valence-corrected chi connectivity index (χ0v) is 21.9. The highest BCUT2D eigenvalue weighted by atomic mass is 16.6. The summed E-state index contributed by atoms with van der Waals surface area (Å²) in [6.45, 7) is 5.58. The Kier molecular flexibility index (Phi) is 9.78. The molecule has 0 amide bonds. The van der Waals surface area contributed by atoms with Crippen LogP contribution in [0.1, 0.15) is 44.9 Å². The normalized spacial score (nSPS) is 41.5. The number of hydrogen-bond acceptors (Lipinski definition) is 6. The molecule has 0 bridgehead atoms. The first kappa shape index (κ1) is 26.5. The first-order valence-corrected chi connectivity index (χ1v) is 13.8. The average Bonchev–Trinajstić information content (AvgIpc) is 3.26. The van der Waals surface area contributed by atoms with Gasteiger partial charge in [0.1, 0.15) is 18.6 Å². The van der Waals surface area contributed by atoms with Crippen LogP contribution >= 0.6 is 0 Å². The lowest BCUT2D eigenvalue weighted by Crippen LogP contribution is -2.88. The molecule has 8 nitrogen and oxygen atoms in total. The summed E-state index contributed by atoms with van der Waals surface area (Å²) < 4.78 is 18.0. The average molecular weight is 483 g/mol. The molecule has 3 saturated carbocycles. The van der Waals surface area contributed by atoms with Crippen molar-refractivity contribution in [2.45, 2.75) is 75.3 Å². The highest BCUT2D eigenvalue weighted by molar-refractivity contribution is 5.84. The van der Waals surface area contributed by atoms with E-state index >= 15 is 0 Å². The molecule has 196 valence electrons. The van der Waals surface area contributed by atoms with Crippen molar-refractivity contribution in [1.29, 1.82) is 0 Å². The zero-order chi connectivity index (χ0) is 24.1. The SMILES string of the molecule is C[NH2+][C@H]1CCC2CC(OC)C(OC)C(OC)C2C2CCC(NCCCN3CC[NH2+]C3)C(=O)CC21. The van der Waals surface area contributed by atoms with Gasteiger partial charge in [-0.2, -0.15) is 0 Å². The molecule has 4 aliphatic rings. The second-order valence-electron chi connectivity index (χ2n) is 11.1. The molecule has 8 unspecified atom stereocenters. The summed E-state index contributed by atoms with van der Waals surface area (Å²) in [7, 11) is 7.62. The molecule has 4 fully saturated rings. The van der Waals surface area contributed by atoms with Gasteiger partial charge in [-0.1, -0.05) is 0 Å². The molecule has 8 heteroatoms. The number of ether oxygens (including phenoxy) is 3. The van der Waals surface area contributed by atoms with Gasteiger partial charge in [-0.3, -0.25) is 9.69 Å². The topological polar surface area (TPSA) is 93.2 Å². The van der Waals surface area contributed by atoms with Crippen LogP contribution in [0, 0.1) is 23.7 Å². The van der Waals surface area contributed by atoms with E-state index in [4.69, 9.17) is 14.2 Å². The number of carbonyl (C=O) groups excluding carboxylic acids is 1. The number of carbonyl (C=O) groups is 1. The van der Waals surface area contributed by atoms with Crippen molar-refractivity contribution < 1.29 is 29.6 Å². The van der Waals surface area contributed by atoms with E-state index in [1.54, 1.807) is 14.2 Å². The van der Waals surface area contributed by atoms with Gasteiger partial charge in [0.2, 0.25) is 0 Å². The fraction of sp³-hybridized carbons (Fsp3) is 0.962. The van der Waals surface area contributed by atoms with E-state index in [0.717, 1.165) is 45.4 Å². The van der Waals surface area contributed by atoms with E-state index in [-0.39, 0.29) is 24.4 Å². The van der Waals surface area contributed by atoms with Crippen LogP contribution < -0.4 is 16.0 Å². The fourth-order valence-electron chi connectivity index (χ4n) is 7.88. The smallest absolute Gasteiger partial charge is 0.150 e. The van der Waals surface area contributed by atoms with Crippen LogP contribution in [0.3, 0.4) is 0 Å². The molecule has 0 aromatic carbocycles. The van der Waals surface area contributed by atoms with Gasteiger partial charge >= 0.3 is 0 Å². The monoisotopic (exact) mass is 482 g/mol. The van der Waals surface area contributed by atoms with Gasteiger partial charge in [0.25, 0.3) is 0 Å². The standard InChI is InChI=1S/C26H48N4O4/c1-27-20-8-6-17-14-23(32-2)25(33-3)26(34-4)24(17)18-7-9-21(22(31)15-19(18)20)29-10-5-12-30-13-11-28-16-30/h17-21,23-29H,5-16H2,1-4H3/p+2/t17?,18?,19?,20-,21?,23?,24?,25?,26?/m0/s1. The van der Waals surface area contributed by atoms with E-state index in [1.165, 1.54) is 25.9 Å². The Hall–Kier alpha value is -0.610. The minimum absolute atomic E-state index is 0.00237. The number of fused-ring (bicyclic) bond motifs is 3. The molecule has 0 spiro atoms. The molecule has 4 rings (SSSR count). The largest absolute Gasteiger partial charge is 0.379 e. The van der Waals surface area contributed by atoms with Crippen LogP contribution in [-0.2, 0) is 19.0 Å². The molecular weight excluding hydrogens is 432 g/mol. The summed E-state index contributed by atoms with van der Waals surface area (Å²) in [6, 6.07) is 0.506. The molecular formula is C26H50N4O4+2. The minimum Gasteiger partial charge on any atom is -0.379 e. The lowest BCUT2D eigenvalue weighted by molar-refractivity contribution is -0.672. The second kappa shape index (κ2) is 12.6. The fourth-order valence-corrected chi connectivity index (χ4v) is 7.88. The highest BCUT2D eigenvalue weighted by Gasteiger charge is 2.54. The minimum atomic E-state index is -0.0465. The predicted molar refractivity (Wildman–Crippen MR) is 130 cm³/mol. The van der Waals surface area contributed by atoms with Crippen LogP contribution in [0.5, 0.6) is 0 Å². The van der Waals surface area contributed by atoms with Crippen LogP contribution in [0.2, 0.25) is 0 Å². The number of nitrogens with zero attached hydrogens (tertiary/aromatic N) is 1. The van der Waals surface area contributed by atoms with Crippen molar-refractivity contribution in [2.75, 3.05) is 61.2 Å². The maximum atomic E-state index is 13.5. The lowest BCUT2D eigenvalue weighted by atomic mass is 9.64. The van der Waals surface area contributed by atoms with Crippen LogP contribution in [-0.4, -0.2) is 102 Å². The number of nitrogens with one attached hydrogen (secondary N) is 1. The summed E-state index contributed by atoms with van der Waals surface area (Å²) in [4.78, 5) is 16.0. The number of ketones is 1. The Morgan fingerprint density at radius 2 is 1.88 bits per heavy atom. The Balaban J connectivity index is 1.46. The maximum Gasteiger partial charge on any atom is 0.150 e. The number of Topliss-reactive ketones (excluding diaryl/α,β-unsaturated/α-hetero) is 1. The summed E-state index contributed by atoms with van der Waals surface area (Å²) in [5, 5.41) is 8.40. The predicted octanol–water partition coefficient (Wildman–Crippen LogP) is -0.807. The summed E-state index contributed by atoms with van der Waals surface area (Å²) in [5.74, 6) is 2.32. The number of nitrogens with two attached hydrogens (primary N) is 2. The second-order valence-corrected chi connectivity index (χ2v) is 11.1. The Bertz CT molecular complexity index is 646. The molecule has 3 aliphatic carbocycles. The van der Waals surface area contributed by atoms with Gasteiger partial charge in [0, 0.05) is 40.2 Å². The van der Waals surface area contributed by atoms with Crippen LogP contribution in [0.25, 0.3) is 0 Å². The highest BCUT2D eigenvalue weighted by Crippen LogP contribution is 2.50. The number of hydrogen-bond donors (Lipinski definition) is 3. The Morgan fingerprint density at radius 1 is 1.06 bits per heavy atom. The molecule has 1 heterocycles. The number of methoxy groups -OCH3 is 3. The first-order chi connectivity index (χ1) is 16.6. The molecule has 1 aliphatic heterocycles. The van der Waals surface area contributed by atoms with E-state index < -0.39 is 0 Å². The number of quaternary nitrogens is 2. The van der Waals surface area contributed by atoms with E-state index in [2.05, 4.69) is 27.9 Å². The molecule has 1 saturated heterocycles. The van der Waals surface area contributed by atoms with Crippen LogP contribution in [0.4, 0.5) is 0 Å². The van der Waals surface area contributed by atoms with Crippen molar-refractivity contribution >= 4 is 5.78 Å².